The molecule has 0 aliphatic heterocycles. The third-order valence-corrected chi connectivity index (χ3v) is 4.02. The maximum Gasteiger partial charge on any atom is 0.408 e. The number of nitrogens with zero attached hydrogens (tertiary/aromatic N) is 3. The van der Waals surface area contributed by atoms with Crippen molar-refractivity contribution < 1.29 is 18.7 Å². The van der Waals surface area contributed by atoms with E-state index in [1.165, 1.54) is 12.1 Å². The third-order valence-electron chi connectivity index (χ3n) is 3.76. The molecule has 0 unspecified atom stereocenters. The number of aromatic nitrogens is 3. The number of fused-ring (bicyclic) bond motifs is 1. The molecule has 30 heavy (non-hydrogen) atoms. The quantitative estimate of drug-likeness (QED) is 0.630. The zero-order chi connectivity index (χ0) is 21.7. The van der Waals surface area contributed by atoms with E-state index in [0.717, 1.165) is 0 Å². The maximum atomic E-state index is 14.4. The molecule has 9 heteroatoms. The van der Waals surface area contributed by atoms with Crippen molar-refractivity contribution in [2.45, 2.75) is 26.4 Å². The van der Waals surface area contributed by atoms with Gasteiger partial charge in [0.25, 0.3) is 0 Å². The highest BCUT2D eigenvalue weighted by molar-refractivity contribution is 6.32. The number of amides is 1. The van der Waals surface area contributed by atoms with Gasteiger partial charge >= 0.3 is 6.09 Å². The third kappa shape index (κ3) is 5.39. The Morgan fingerprint density at radius 3 is 2.83 bits per heavy atom. The Hall–Kier alpha value is -3.31. The first-order valence-corrected chi connectivity index (χ1v) is 9.45. The molecule has 0 saturated heterocycles. The van der Waals surface area contributed by atoms with Crippen LogP contribution in [-0.4, -0.2) is 39.2 Å². The second kappa shape index (κ2) is 9.01. The molecule has 0 spiro atoms. The highest BCUT2D eigenvalue weighted by Gasteiger charge is 2.15. The average Bonchev–Trinajstić information content (AvgIpc) is 3.09. The summed E-state index contributed by atoms with van der Waals surface area (Å²) < 4.78 is 26.6. The number of imidazole rings is 1. The minimum Gasteiger partial charge on any atom is -0.478 e. The minimum absolute atomic E-state index is 0.0246. The molecule has 0 radical (unpaired) electrons. The van der Waals surface area contributed by atoms with E-state index in [0.29, 0.717) is 16.9 Å². The van der Waals surface area contributed by atoms with Crippen LogP contribution in [0.5, 0.6) is 5.75 Å². The SMILES string of the molecule is CC(C)(C)OC(=O)NCC#CCOc1ccc(-c2cnc3c(Cl)nccn23)cc1F. The summed E-state index contributed by atoms with van der Waals surface area (Å²) in [5.74, 6) is 4.96. The van der Waals surface area contributed by atoms with Crippen LogP contribution in [0.4, 0.5) is 9.18 Å². The monoisotopic (exact) mass is 430 g/mol. The smallest absolute Gasteiger partial charge is 0.408 e. The normalized spacial score (nSPS) is 11.0. The fraction of sp³-hybridized carbons (Fsp3) is 0.286. The Balaban J connectivity index is 1.58. The molecule has 0 fully saturated rings. The molecule has 3 aromatic rings. The molecule has 0 bridgehead atoms. The second-order valence-corrected chi connectivity index (χ2v) is 7.56. The first-order chi connectivity index (χ1) is 14.2. The van der Waals surface area contributed by atoms with Gasteiger partial charge in [0.1, 0.15) is 12.2 Å². The number of halogens is 2. The molecule has 2 heterocycles. The lowest BCUT2D eigenvalue weighted by Crippen LogP contribution is -2.32. The van der Waals surface area contributed by atoms with Crippen molar-refractivity contribution in [1.82, 2.24) is 19.7 Å². The zero-order valence-electron chi connectivity index (χ0n) is 16.7. The van der Waals surface area contributed by atoms with Gasteiger partial charge in [-0.2, -0.15) is 0 Å². The van der Waals surface area contributed by atoms with E-state index in [1.54, 1.807) is 49.8 Å². The van der Waals surface area contributed by atoms with Gasteiger partial charge in [0.05, 0.1) is 18.4 Å². The summed E-state index contributed by atoms with van der Waals surface area (Å²) in [6, 6.07) is 4.59. The maximum absolute atomic E-state index is 14.4. The second-order valence-electron chi connectivity index (χ2n) is 7.20. The molecule has 156 valence electrons. The summed E-state index contributed by atoms with van der Waals surface area (Å²) in [7, 11) is 0. The van der Waals surface area contributed by atoms with Crippen LogP contribution in [0, 0.1) is 17.7 Å². The van der Waals surface area contributed by atoms with Crippen molar-refractivity contribution in [3.63, 3.8) is 0 Å². The Morgan fingerprint density at radius 1 is 1.30 bits per heavy atom. The average molecular weight is 431 g/mol. The molecule has 0 aliphatic carbocycles. The lowest BCUT2D eigenvalue weighted by Gasteiger charge is -2.19. The fourth-order valence-corrected chi connectivity index (χ4v) is 2.73. The molecular formula is C21H20ClFN4O3. The van der Waals surface area contributed by atoms with Crippen molar-refractivity contribution in [2.75, 3.05) is 13.2 Å². The van der Waals surface area contributed by atoms with E-state index in [-0.39, 0.29) is 24.1 Å². The van der Waals surface area contributed by atoms with Crippen LogP contribution >= 0.6 is 11.6 Å². The lowest BCUT2D eigenvalue weighted by atomic mass is 10.1. The van der Waals surface area contributed by atoms with E-state index in [9.17, 15) is 9.18 Å². The van der Waals surface area contributed by atoms with Gasteiger partial charge in [-0.15, -0.1) is 0 Å². The van der Waals surface area contributed by atoms with Gasteiger partial charge in [-0.25, -0.2) is 19.2 Å². The van der Waals surface area contributed by atoms with Gasteiger partial charge in [-0.1, -0.05) is 23.4 Å². The first-order valence-electron chi connectivity index (χ1n) is 9.07. The van der Waals surface area contributed by atoms with Crippen molar-refractivity contribution in [1.29, 1.82) is 0 Å². The van der Waals surface area contributed by atoms with Gasteiger partial charge < -0.3 is 14.8 Å². The first kappa shape index (κ1) is 21.4. The Bertz CT molecular complexity index is 1130. The van der Waals surface area contributed by atoms with E-state index < -0.39 is 17.5 Å². The number of carbonyl (C=O) groups excluding carboxylic acids is 1. The number of rotatable bonds is 4. The Morgan fingerprint density at radius 2 is 2.10 bits per heavy atom. The topological polar surface area (TPSA) is 77.8 Å². The van der Waals surface area contributed by atoms with Crippen LogP contribution in [0.1, 0.15) is 20.8 Å². The molecule has 0 atom stereocenters. The summed E-state index contributed by atoms with van der Waals surface area (Å²) in [6.45, 7) is 5.39. The predicted molar refractivity (Wildman–Crippen MR) is 111 cm³/mol. The Kier molecular flexibility index (Phi) is 6.43. The van der Waals surface area contributed by atoms with E-state index in [2.05, 4.69) is 27.1 Å². The summed E-state index contributed by atoms with van der Waals surface area (Å²) in [4.78, 5) is 19.7. The minimum atomic E-state index is -0.573. The summed E-state index contributed by atoms with van der Waals surface area (Å²) in [6.07, 6.45) is 4.29. The van der Waals surface area contributed by atoms with Crippen LogP contribution in [-0.2, 0) is 4.74 Å². The van der Waals surface area contributed by atoms with Crippen LogP contribution in [0.25, 0.3) is 16.9 Å². The number of ether oxygens (including phenoxy) is 2. The molecule has 1 N–H and O–H groups in total. The van der Waals surface area contributed by atoms with E-state index in [4.69, 9.17) is 21.1 Å². The van der Waals surface area contributed by atoms with E-state index in [1.807, 2.05) is 0 Å². The van der Waals surface area contributed by atoms with E-state index >= 15 is 0 Å². The van der Waals surface area contributed by atoms with Crippen molar-refractivity contribution in [3.05, 3.63) is 47.8 Å². The highest BCUT2D eigenvalue weighted by atomic mass is 35.5. The number of alkyl carbamates (subject to hydrolysis) is 1. The predicted octanol–water partition coefficient (Wildman–Crippen LogP) is 4.10. The van der Waals surface area contributed by atoms with Crippen LogP contribution in [0.3, 0.4) is 0 Å². The van der Waals surface area contributed by atoms with Gasteiger partial charge in [0, 0.05) is 18.0 Å². The molecule has 0 saturated carbocycles. The van der Waals surface area contributed by atoms with Gasteiger partial charge in [-0.05, 0) is 39.0 Å². The lowest BCUT2D eigenvalue weighted by molar-refractivity contribution is 0.0535. The molecule has 2 aromatic heterocycles. The van der Waals surface area contributed by atoms with Crippen molar-refractivity contribution in [2.24, 2.45) is 0 Å². The molecule has 1 amide bonds. The van der Waals surface area contributed by atoms with Crippen molar-refractivity contribution in [3.8, 4) is 28.8 Å². The largest absolute Gasteiger partial charge is 0.478 e. The zero-order valence-corrected chi connectivity index (χ0v) is 17.5. The highest BCUT2D eigenvalue weighted by Crippen LogP contribution is 2.27. The number of nitrogens with one attached hydrogen (secondary N) is 1. The summed E-state index contributed by atoms with van der Waals surface area (Å²) in [5.41, 5.74) is 1.21. The van der Waals surface area contributed by atoms with Gasteiger partial charge in [-0.3, -0.25) is 4.40 Å². The van der Waals surface area contributed by atoms with Gasteiger partial charge in [0.15, 0.2) is 22.4 Å². The number of benzene rings is 1. The molecular weight excluding hydrogens is 411 g/mol. The fourth-order valence-electron chi connectivity index (χ4n) is 2.54. The van der Waals surface area contributed by atoms with Crippen LogP contribution in [0.15, 0.2) is 36.8 Å². The molecule has 1 aromatic carbocycles. The van der Waals surface area contributed by atoms with Crippen LogP contribution in [0.2, 0.25) is 5.15 Å². The number of hydrogen-bond acceptors (Lipinski definition) is 5. The standard InChI is InChI=1S/C21H20ClFN4O3/c1-21(2,3)30-20(28)25-8-4-5-11-29-17-7-6-14(12-15(17)23)16-13-26-19-18(22)24-9-10-27(16)19/h6-7,9-10,12-13H,8,11H2,1-3H3,(H,25,28). The van der Waals surface area contributed by atoms with Crippen LogP contribution < -0.4 is 10.1 Å². The number of carbonyl (C=O) groups is 1. The molecule has 3 rings (SSSR count). The summed E-state index contributed by atoms with van der Waals surface area (Å²) in [5, 5.41) is 2.77. The molecule has 7 nitrogen and oxygen atoms in total. The Labute approximate surface area is 178 Å². The molecule has 0 aliphatic rings. The van der Waals surface area contributed by atoms with Crippen molar-refractivity contribution >= 4 is 23.3 Å². The number of hydrogen-bond donors (Lipinski definition) is 1. The summed E-state index contributed by atoms with van der Waals surface area (Å²) >= 11 is 6.02. The van der Waals surface area contributed by atoms with Gasteiger partial charge in [0.2, 0.25) is 0 Å².